The summed E-state index contributed by atoms with van der Waals surface area (Å²) in [4.78, 5) is 38.5. The molecule has 2 heterocycles. The fourth-order valence-corrected chi connectivity index (χ4v) is 4.40. The average Bonchev–Trinajstić information content (AvgIpc) is 3.06. The monoisotopic (exact) mass is 493 g/mol. The van der Waals surface area contributed by atoms with Crippen molar-refractivity contribution >= 4 is 58.5 Å². The van der Waals surface area contributed by atoms with Gasteiger partial charge in [0.15, 0.2) is 5.11 Å². The molecular weight excluding hydrogens is 474 g/mol. The third-order valence-electron chi connectivity index (χ3n) is 5.72. The van der Waals surface area contributed by atoms with E-state index in [1.807, 2.05) is 24.5 Å². The summed E-state index contributed by atoms with van der Waals surface area (Å²) in [6.07, 6.45) is 1.54. The highest BCUT2D eigenvalue weighted by molar-refractivity contribution is 7.80. The van der Waals surface area contributed by atoms with E-state index in [1.54, 1.807) is 37.3 Å². The zero-order chi connectivity index (χ0) is 24.7. The first-order chi connectivity index (χ1) is 16.1. The Kier molecular flexibility index (Phi) is 6.12. The lowest BCUT2D eigenvalue weighted by Gasteiger charge is -2.30. The van der Waals surface area contributed by atoms with Crippen molar-refractivity contribution < 1.29 is 19.5 Å². The third kappa shape index (κ3) is 4.02. The van der Waals surface area contributed by atoms with Crippen molar-refractivity contribution in [3.8, 4) is 5.69 Å². The molecule has 1 aliphatic rings. The fourth-order valence-electron chi connectivity index (χ4n) is 3.95. The van der Waals surface area contributed by atoms with Gasteiger partial charge in [-0.1, -0.05) is 17.7 Å². The Morgan fingerprint density at radius 1 is 1.09 bits per heavy atom. The number of amides is 2. The van der Waals surface area contributed by atoms with Crippen LogP contribution in [-0.4, -0.2) is 32.6 Å². The Bertz CT molecular complexity index is 1410. The van der Waals surface area contributed by atoms with Crippen molar-refractivity contribution in [1.29, 1.82) is 0 Å². The molecule has 0 bridgehead atoms. The Morgan fingerprint density at radius 2 is 1.76 bits per heavy atom. The molecule has 1 aromatic heterocycles. The Morgan fingerprint density at radius 3 is 2.41 bits per heavy atom. The number of carbonyl (C=O) groups is 3. The lowest BCUT2D eigenvalue weighted by molar-refractivity contribution is -0.122. The van der Waals surface area contributed by atoms with Crippen LogP contribution < -0.4 is 10.2 Å². The molecule has 9 heteroatoms. The SMILES string of the molecule is Cc1c(Cl)cccc1N1C(=O)/C(=C\c2cc(C)n(-c3ccc(C(=O)O)cc3)c2C)C(=O)NC1=S. The van der Waals surface area contributed by atoms with Gasteiger partial charge in [0, 0.05) is 22.1 Å². The van der Waals surface area contributed by atoms with Gasteiger partial charge in [0.2, 0.25) is 0 Å². The summed E-state index contributed by atoms with van der Waals surface area (Å²) in [5, 5.41) is 12.2. The minimum Gasteiger partial charge on any atom is -0.478 e. The van der Waals surface area contributed by atoms with Crippen molar-refractivity contribution in [3.05, 3.63) is 87.2 Å². The van der Waals surface area contributed by atoms with Gasteiger partial charge < -0.3 is 9.67 Å². The first kappa shape index (κ1) is 23.4. The summed E-state index contributed by atoms with van der Waals surface area (Å²) >= 11 is 11.5. The molecule has 1 aliphatic heterocycles. The molecule has 0 spiro atoms. The first-order valence-electron chi connectivity index (χ1n) is 10.3. The second-order valence-corrected chi connectivity index (χ2v) is 8.65. The number of anilines is 1. The van der Waals surface area contributed by atoms with Gasteiger partial charge in [-0.05, 0) is 92.7 Å². The van der Waals surface area contributed by atoms with Gasteiger partial charge in [-0.15, -0.1) is 0 Å². The summed E-state index contributed by atoms with van der Waals surface area (Å²) in [6.45, 7) is 5.52. The average molecular weight is 494 g/mol. The van der Waals surface area contributed by atoms with Crippen LogP contribution in [0.2, 0.25) is 5.02 Å². The molecule has 7 nitrogen and oxygen atoms in total. The number of halogens is 1. The van der Waals surface area contributed by atoms with Crippen LogP contribution in [0.25, 0.3) is 11.8 Å². The number of aromatic carboxylic acids is 1. The van der Waals surface area contributed by atoms with Gasteiger partial charge in [-0.2, -0.15) is 0 Å². The minimum atomic E-state index is -1.00. The summed E-state index contributed by atoms with van der Waals surface area (Å²) < 4.78 is 1.92. The van der Waals surface area contributed by atoms with Gasteiger partial charge in [-0.3, -0.25) is 19.8 Å². The molecule has 2 amide bonds. The van der Waals surface area contributed by atoms with E-state index in [4.69, 9.17) is 28.9 Å². The van der Waals surface area contributed by atoms with Crippen LogP contribution in [0.15, 0.2) is 54.1 Å². The number of nitrogens with one attached hydrogen (secondary N) is 1. The Labute approximate surface area is 206 Å². The molecule has 1 fully saturated rings. The van der Waals surface area contributed by atoms with Crippen molar-refractivity contribution in [3.63, 3.8) is 0 Å². The molecule has 3 aromatic rings. The van der Waals surface area contributed by atoms with Gasteiger partial charge in [0.25, 0.3) is 11.8 Å². The number of thiocarbonyl (C=S) groups is 1. The molecule has 1 saturated heterocycles. The fraction of sp³-hybridized carbons (Fsp3) is 0.120. The molecule has 172 valence electrons. The first-order valence-corrected chi connectivity index (χ1v) is 11.1. The van der Waals surface area contributed by atoms with E-state index in [9.17, 15) is 14.4 Å². The topological polar surface area (TPSA) is 91.6 Å². The van der Waals surface area contributed by atoms with Crippen LogP contribution in [0.4, 0.5) is 5.69 Å². The van der Waals surface area contributed by atoms with E-state index < -0.39 is 17.8 Å². The standard InChI is InChI=1S/C25H20ClN3O4S/c1-13-11-17(15(3)28(13)18-9-7-16(8-10-18)24(32)33)12-19-22(30)27-25(34)29(23(19)31)21-6-4-5-20(26)14(21)2/h4-12H,1-3H3,(H,32,33)(H,27,30,34)/b19-12-. The maximum absolute atomic E-state index is 13.4. The van der Waals surface area contributed by atoms with E-state index in [2.05, 4.69) is 5.32 Å². The molecule has 0 radical (unpaired) electrons. The summed E-state index contributed by atoms with van der Waals surface area (Å²) in [5.74, 6) is -2.13. The number of hydrogen-bond acceptors (Lipinski definition) is 4. The number of benzene rings is 2. The maximum atomic E-state index is 13.4. The highest BCUT2D eigenvalue weighted by Crippen LogP contribution is 2.30. The number of carboxylic acid groups (broad SMARTS) is 1. The summed E-state index contributed by atoms with van der Waals surface area (Å²) in [7, 11) is 0. The number of rotatable bonds is 4. The van der Waals surface area contributed by atoms with E-state index in [0.717, 1.165) is 17.1 Å². The molecule has 0 aliphatic carbocycles. The van der Waals surface area contributed by atoms with Crippen molar-refractivity contribution in [1.82, 2.24) is 9.88 Å². The van der Waals surface area contributed by atoms with E-state index in [1.165, 1.54) is 23.1 Å². The van der Waals surface area contributed by atoms with Crippen LogP contribution in [-0.2, 0) is 9.59 Å². The lowest BCUT2D eigenvalue weighted by atomic mass is 10.1. The zero-order valence-corrected chi connectivity index (χ0v) is 20.1. The maximum Gasteiger partial charge on any atom is 0.335 e. The smallest absolute Gasteiger partial charge is 0.335 e. The number of aromatic nitrogens is 1. The lowest BCUT2D eigenvalue weighted by Crippen LogP contribution is -2.54. The van der Waals surface area contributed by atoms with Gasteiger partial charge >= 0.3 is 5.97 Å². The Balaban J connectivity index is 1.76. The number of carbonyl (C=O) groups excluding carboxylic acids is 2. The number of hydrogen-bond donors (Lipinski definition) is 2. The summed E-state index contributed by atoms with van der Waals surface area (Å²) in [6, 6.07) is 13.5. The van der Waals surface area contributed by atoms with Crippen LogP contribution in [0, 0.1) is 20.8 Å². The van der Waals surface area contributed by atoms with Crippen molar-refractivity contribution in [2.45, 2.75) is 20.8 Å². The molecule has 0 atom stereocenters. The minimum absolute atomic E-state index is 0.0125. The van der Waals surface area contributed by atoms with Crippen LogP contribution in [0.3, 0.4) is 0 Å². The molecule has 2 N–H and O–H groups in total. The van der Waals surface area contributed by atoms with Crippen LogP contribution in [0.5, 0.6) is 0 Å². The highest BCUT2D eigenvalue weighted by Gasteiger charge is 2.35. The molecule has 0 unspecified atom stereocenters. The molecule has 2 aromatic carbocycles. The van der Waals surface area contributed by atoms with Crippen molar-refractivity contribution in [2.75, 3.05) is 4.90 Å². The molecule has 34 heavy (non-hydrogen) atoms. The van der Waals surface area contributed by atoms with Gasteiger partial charge in [0.1, 0.15) is 5.57 Å². The van der Waals surface area contributed by atoms with Crippen LogP contribution >= 0.6 is 23.8 Å². The quantitative estimate of drug-likeness (QED) is 0.315. The largest absolute Gasteiger partial charge is 0.478 e. The van der Waals surface area contributed by atoms with Crippen molar-refractivity contribution in [2.24, 2.45) is 0 Å². The van der Waals surface area contributed by atoms with E-state index in [0.29, 0.717) is 21.8 Å². The number of carboxylic acids is 1. The third-order valence-corrected chi connectivity index (χ3v) is 6.42. The highest BCUT2D eigenvalue weighted by atomic mass is 35.5. The predicted octanol–water partition coefficient (Wildman–Crippen LogP) is 4.59. The number of nitrogens with zero attached hydrogens (tertiary/aromatic N) is 2. The van der Waals surface area contributed by atoms with Crippen LogP contribution in [0.1, 0.15) is 32.9 Å². The Hall–Kier alpha value is -3.75. The summed E-state index contributed by atoms with van der Waals surface area (Å²) in [5.41, 5.74) is 4.37. The number of aryl methyl sites for hydroxylation is 1. The second-order valence-electron chi connectivity index (χ2n) is 7.86. The molecule has 0 saturated carbocycles. The second kappa shape index (κ2) is 8.89. The predicted molar refractivity (Wildman–Crippen MR) is 135 cm³/mol. The normalized spacial score (nSPS) is 15.1. The van der Waals surface area contributed by atoms with Gasteiger partial charge in [-0.25, -0.2) is 4.79 Å². The molecular formula is C25H20ClN3O4S. The zero-order valence-electron chi connectivity index (χ0n) is 18.5. The van der Waals surface area contributed by atoms with Gasteiger partial charge in [0.05, 0.1) is 11.3 Å². The molecule has 4 rings (SSSR count). The van der Waals surface area contributed by atoms with E-state index in [-0.39, 0.29) is 16.2 Å². The van der Waals surface area contributed by atoms with E-state index >= 15 is 0 Å².